The number of rotatable bonds is 5. The van der Waals surface area contributed by atoms with Crippen molar-refractivity contribution < 1.29 is 18.4 Å². The predicted octanol–water partition coefficient (Wildman–Crippen LogP) is 1.11. The van der Waals surface area contributed by atoms with Gasteiger partial charge in [-0.2, -0.15) is 8.78 Å². The molecule has 0 aromatic rings. The fraction of sp³-hybridized carbons (Fsp3) is 0.714. The third-order valence-corrected chi connectivity index (χ3v) is 2.00. The first-order valence-electron chi connectivity index (χ1n) is 3.70. The maximum atomic E-state index is 11.8. The second kappa shape index (κ2) is 6.01. The number of nitrogens with one attached hydrogen (secondary N) is 1. The van der Waals surface area contributed by atoms with Crippen LogP contribution in [0.4, 0.5) is 8.78 Å². The number of hydrogen-bond donors (Lipinski definition) is 1. The summed E-state index contributed by atoms with van der Waals surface area (Å²) in [6.07, 6.45) is -2.76. The van der Waals surface area contributed by atoms with Gasteiger partial charge >= 0.3 is 6.43 Å². The molecule has 0 aromatic heterocycles. The number of halogens is 3. The summed E-state index contributed by atoms with van der Waals surface area (Å²) in [5.74, 6) is -1.71. The molecule has 0 spiro atoms. The van der Waals surface area contributed by atoms with Crippen LogP contribution in [0.2, 0.25) is 0 Å². The Labute approximate surface area is 83.0 Å². The normalized spacial score (nSPS) is 12.7. The van der Waals surface area contributed by atoms with E-state index in [9.17, 15) is 18.4 Å². The summed E-state index contributed by atoms with van der Waals surface area (Å²) in [5.41, 5.74) is 0. The summed E-state index contributed by atoms with van der Waals surface area (Å²) in [4.78, 5) is 21.5. The Morgan fingerprint density at radius 2 is 2.00 bits per heavy atom. The van der Waals surface area contributed by atoms with E-state index in [1.54, 1.807) is 6.92 Å². The zero-order chi connectivity index (χ0) is 10.4. The Morgan fingerprint density at radius 3 is 2.31 bits per heavy atom. The van der Waals surface area contributed by atoms with E-state index in [0.717, 1.165) is 0 Å². The minimum atomic E-state index is -3.07. The Balaban J connectivity index is 4.13. The lowest BCUT2D eigenvalue weighted by Gasteiger charge is -2.13. The zero-order valence-corrected chi connectivity index (χ0v) is 8.61. The van der Waals surface area contributed by atoms with Gasteiger partial charge in [0, 0.05) is 0 Å². The molecule has 0 aliphatic carbocycles. The van der Waals surface area contributed by atoms with Crippen molar-refractivity contribution in [1.29, 1.82) is 0 Å². The molecular weight excluding hydrogens is 248 g/mol. The predicted molar refractivity (Wildman–Crippen MR) is 47.0 cm³/mol. The summed E-state index contributed by atoms with van der Waals surface area (Å²) in [6, 6.07) is -0.819. The van der Waals surface area contributed by atoms with Crippen LogP contribution in [-0.2, 0) is 9.59 Å². The highest BCUT2D eigenvalue weighted by Crippen LogP contribution is 1.99. The highest BCUT2D eigenvalue weighted by atomic mass is 79.9. The first-order chi connectivity index (χ1) is 6.02. The van der Waals surface area contributed by atoms with Gasteiger partial charge < -0.3 is 5.32 Å². The topological polar surface area (TPSA) is 46.2 Å². The van der Waals surface area contributed by atoms with Crippen molar-refractivity contribution >= 4 is 27.6 Å². The van der Waals surface area contributed by atoms with Gasteiger partial charge in [-0.25, -0.2) is 0 Å². The molecule has 0 fully saturated rings. The van der Waals surface area contributed by atoms with Gasteiger partial charge in [-0.15, -0.1) is 0 Å². The van der Waals surface area contributed by atoms with Gasteiger partial charge in [0.2, 0.25) is 0 Å². The van der Waals surface area contributed by atoms with Crippen molar-refractivity contribution in [3.63, 3.8) is 0 Å². The van der Waals surface area contributed by atoms with Crippen LogP contribution in [0.15, 0.2) is 0 Å². The van der Waals surface area contributed by atoms with Crippen molar-refractivity contribution in [1.82, 2.24) is 5.32 Å². The molecule has 3 nitrogen and oxygen atoms in total. The summed E-state index contributed by atoms with van der Waals surface area (Å²) in [6.45, 7) is 1.64. The van der Waals surface area contributed by atoms with Crippen molar-refractivity contribution in [3.8, 4) is 0 Å². The molecule has 1 unspecified atom stereocenters. The van der Waals surface area contributed by atoms with E-state index < -0.39 is 18.4 Å². The summed E-state index contributed by atoms with van der Waals surface area (Å²) < 4.78 is 23.5. The van der Waals surface area contributed by atoms with Crippen LogP contribution in [0.3, 0.4) is 0 Å². The molecule has 0 saturated carbocycles. The molecule has 76 valence electrons. The summed E-state index contributed by atoms with van der Waals surface area (Å²) in [7, 11) is 0. The average molecular weight is 258 g/mol. The monoisotopic (exact) mass is 257 g/mol. The van der Waals surface area contributed by atoms with Crippen LogP contribution < -0.4 is 5.32 Å². The van der Waals surface area contributed by atoms with Crippen molar-refractivity contribution in [3.05, 3.63) is 0 Å². The molecule has 0 rings (SSSR count). The molecule has 0 radical (unpaired) electrons. The minimum absolute atomic E-state index is 0.0506. The molecule has 1 atom stereocenters. The Bertz CT molecular complexity index is 199. The molecule has 0 aliphatic heterocycles. The number of amides is 1. The van der Waals surface area contributed by atoms with E-state index in [4.69, 9.17) is 0 Å². The largest absolute Gasteiger partial charge is 0.341 e. The van der Waals surface area contributed by atoms with Gasteiger partial charge in [0.1, 0.15) is 0 Å². The molecule has 13 heavy (non-hydrogen) atoms. The molecule has 1 N–H and O–H groups in total. The van der Waals surface area contributed by atoms with Crippen molar-refractivity contribution in [2.75, 3.05) is 5.33 Å². The number of hydrogen-bond acceptors (Lipinski definition) is 2. The molecule has 0 heterocycles. The molecule has 0 saturated heterocycles. The SMILES string of the molecule is CCC(NC(=O)C(F)F)C(=O)CBr. The molecule has 0 aliphatic rings. The Morgan fingerprint density at radius 1 is 1.46 bits per heavy atom. The van der Waals surface area contributed by atoms with Crippen molar-refractivity contribution in [2.45, 2.75) is 25.8 Å². The average Bonchev–Trinajstić information content (AvgIpc) is 2.12. The third kappa shape index (κ3) is 4.31. The molecule has 6 heteroatoms. The van der Waals surface area contributed by atoms with Crippen LogP contribution in [0.5, 0.6) is 0 Å². The van der Waals surface area contributed by atoms with Gasteiger partial charge in [-0.05, 0) is 6.42 Å². The van der Waals surface area contributed by atoms with E-state index in [-0.39, 0.29) is 11.1 Å². The fourth-order valence-corrected chi connectivity index (χ4v) is 1.13. The van der Waals surface area contributed by atoms with E-state index >= 15 is 0 Å². The lowest BCUT2D eigenvalue weighted by molar-refractivity contribution is -0.134. The molecular formula is C7H10BrF2NO2. The van der Waals surface area contributed by atoms with Crippen LogP contribution >= 0.6 is 15.9 Å². The number of Topliss-reactive ketones (excluding diaryl/α,β-unsaturated/α-hetero) is 1. The van der Waals surface area contributed by atoms with Crippen LogP contribution in [0.1, 0.15) is 13.3 Å². The van der Waals surface area contributed by atoms with Gasteiger partial charge in [-0.1, -0.05) is 22.9 Å². The van der Waals surface area contributed by atoms with E-state index in [0.29, 0.717) is 6.42 Å². The first kappa shape index (κ1) is 12.5. The molecule has 1 amide bonds. The maximum Gasteiger partial charge on any atom is 0.315 e. The van der Waals surface area contributed by atoms with E-state index in [1.165, 1.54) is 0 Å². The number of alkyl halides is 3. The molecule has 0 aromatic carbocycles. The van der Waals surface area contributed by atoms with Crippen LogP contribution in [0, 0.1) is 0 Å². The van der Waals surface area contributed by atoms with Gasteiger partial charge in [0.05, 0.1) is 11.4 Å². The fourth-order valence-electron chi connectivity index (χ4n) is 0.738. The van der Waals surface area contributed by atoms with Gasteiger partial charge in [0.15, 0.2) is 5.78 Å². The summed E-state index contributed by atoms with van der Waals surface area (Å²) in [5, 5.41) is 2.00. The standard InChI is InChI=1S/C7H10BrF2NO2/c1-2-4(5(12)3-8)11-7(13)6(9)10/h4,6H,2-3H2,1H3,(H,11,13). The smallest absolute Gasteiger partial charge is 0.315 e. The third-order valence-electron chi connectivity index (χ3n) is 1.44. The van der Waals surface area contributed by atoms with Crippen molar-refractivity contribution in [2.24, 2.45) is 0 Å². The highest BCUT2D eigenvalue weighted by molar-refractivity contribution is 9.09. The van der Waals surface area contributed by atoms with Crippen LogP contribution in [-0.4, -0.2) is 29.5 Å². The second-order valence-corrected chi connectivity index (χ2v) is 2.93. The van der Waals surface area contributed by atoms with Crippen LogP contribution in [0.25, 0.3) is 0 Å². The lowest BCUT2D eigenvalue weighted by Crippen LogP contribution is -2.43. The van der Waals surface area contributed by atoms with Gasteiger partial charge in [-0.3, -0.25) is 9.59 Å². The quantitative estimate of drug-likeness (QED) is 0.751. The number of carbonyl (C=O) groups is 2. The number of carbonyl (C=O) groups excluding carboxylic acids is 2. The zero-order valence-electron chi connectivity index (χ0n) is 7.02. The molecule has 0 bridgehead atoms. The minimum Gasteiger partial charge on any atom is -0.341 e. The van der Waals surface area contributed by atoms with E-state index in [2.05, 4.69) is 15.9 Å². The maximum absolute atomic E-state index is 11.8. The Kier molecular flexibility index (Phi) is 5.77. The van der Waals surface area contributed by atoms with Gasteiger partial charge in [0.25, 0.3) is 5.91 Å². The first-order valence-corrected chi connectivity index (χ1v) is 4.82. The Hall–Kier alpha value is -0.520. The highest BCUT2D eigenvalue weighted by Gasteiger charge is 2.22. The lowest BCUT2D eigenvalue weighted by atomic mass is 10.1. The number of ketones is 1. The second-order valence-electron chi connectivity index (χ2n) is 2.37. The summed E-state index contributed by atoms with van der Waals surface area (Å²) >= 11 is 2.89. The van der Waals surface area contributed by atoms with E-state index in [1.807, 2.05) is 5.32 Å².